The molecule has 1 aromatic carbocycles. The van der Waals surface area contributed by atoms with Gasteiger partial charge in [0.1, 0.15) is 0 Å². The average molecular weight is 303 g/mol. The summed E-state index contributed by atoms with van der Waals surface area (Å²) in [6, 6.07) is 8.14. The van der Waals surface area contributed by atoms with Crippen LogP contribution in [-0.4, -0.2) is 9.52 Å². The number of benzene rings is 1. The smallest absolute Gasteiger partial charge is 0.0654 e. The van der Waals surface area contributed by atoms with Crippen molar-refractivity contribution in [3.8, 4) is 0 Å². The Morgan fingerprint density at radius 2 is 1.33 bits per heavy atom. The normalized spacial score (nSPS) is 11.0. The second kappa shape index (κ2) is 12.0. The molecule has 0 N–H and O–H groups in total. The Bertz CT molecular complexity index is 370. The maximum atomic E-state index is 2.32. The van der Waals surface area contributed by atoms with Crippen molar-refractivity contribution in [2.24, 2.45) is 0 Å². The van der Waals surface area contributed by atoms with Crippen LogP contribution in [0.2, 0.25) is 6.04 Å². The van der Waals surface area contributed by atoms with E-state index >= 15 is 0 Å². The third-order valence-corrected chi connectivity index (χ3v) is 5.98. The van der Waals surface area contributed by atoms with Crippen LogP contribution in [0.15, 0.2) is 18.2 Å². The summed E-state index contributed by atoms with van der Waals surface area (Å²) in [7, 11) is 1.01. The fraction of sp³-hybridized carbons (Fsp3) is 0.700. The molecule has 0 saturated carbocycles. The van der Waals surface area contributed by atoms with Crippen molar-refractivity contribution in [2.45, 2.75) is 91.0 Å². The summed E-state index contributed by atoms with van der Waals surface area (Å²) in [5, 5.41) is 1.59. The van der Waals surface area contributed by atoms with Crippen LogP contribution in [0.5, 0.6) is 0 Å². The molecule has 0 aliphatic heterocycles. The minimum absolute atomic E-state index is 1.01. The van der Waals surface area contributed by atoms with Gasteiger partial charge in [-0.25, -0.2) is 0 Å². The van der Waals surface area contributed by atoms with E-state index in [9.17, 15) is 0 Å². The first-order chi connectivity index (χ1) is 10.3. The summed E-state index contributed by atoms with van der Waals surface area (Å²) in [6.07, 6.45) is 14.4. The van der Waals surface area contributed by atoms with Gasteiger partial charge in [-0.2, -0.15) is 0 Å². The van der Waals surface area contributed by atoms with Gasteiger partial charge in [-0.15, -0.1) is 0 Å². The van der Waals surface area contributed by atoms with E-state index in [2.05, 4.69) is 39.0 Å². The van der Waals surface area contributed by atoms with Crippen LogP contribution in [-0.2, 0) is 0 Å². The first-order valence-corrected chi connectivity index (χ1v) is 10.3. The lowest BCUT2D eigenvalue weighted by molar-refractivity contribution is 0.562. The molecule has 0 aliphatic rings. The molecule has 2 radical (unpaired) electrons. The second-order valence-electron chi connectivity index (χ2n) is 6.36. The maximum absolute atomic E-state index is 2.32. The molecule has 0 aromatic heterocycles. The highest BCUT2D eigenvalue weighted by atomic mass is 28.2. The third-order valence-electron chi connectivity index (χ3n) is 4.45. The summed E-state index contributed by atoms with van der Waals surface area (Å²) < 4.78 is 0. The van der Waals surface area contributed by atoms with Gasteiger partial charge in [0.05, 0.1) is 9.52 Å². The van der Waals surface area contributed by atoms with Crippen LogP contribution in [0.25, 0.3) is 0 Å². The Hall–Kier alpha value is -0.563. The molecular weight excluding hydrogens is 268 g/mol. The zero-order valence-electron chi connectivity index (χ0n) is 14.5. The van der Waals surface area contributed by atoms with Gasteiger partial charge in [-0.3, -0.25) is 0 Å². The quantitative estimate of drug-likeness (QED) is 0.329. The molecule has 0 spiro atoms. The van der Waals surface area contributed by atoms with Gasteiger partial charge in [0.25, 0.3) is 0 Å². The predicted octanol–water partition coefficient (Wildman–Crippen LogP) is 5.97. The molecule has 0 fully saturated rings. The highest BCUT2D eigenvalue weighted by Crippen LogP contribution is 2.11. The van der Waals surface area contributed by atoms with Crippen LogP contribution >= 0.6 is 0 Å². The number of hydrogen-bond donors (Lipinski definition) is 0. The van der Waals surface area contributed by atoms with Crippen molar-refractivity contribution in [1.82, 2.24) is 0 Å². The third kappa shape index (κ3) is 8.46. The molecule has 0 aliphatic carbocycles. The SMILES string of the molecule is CCCCCCCCCCCC[Si]c1cccc(C)c1C. The summed E-state index contributed by atoms with van der Waals surface area (Å²) >= 11 is 0. The molecule has 0 amide bonds. The number of aryl methyl sites for hydroxylation is 1. The van der Waals surface area contributed by atoms with E-state index in [0.29, 0.717) is 0 Å². The van der Waals surface area contributed by atoms with Crippen molar-refractivity contribution in [1.29, 1.82) is 0 Å². The molecule has 0 unspecified atom stereocenters. The highest BCUT2D eigenvalue weighted by Gasteiger charge is 2.01. The van der Waals surface area contributed by atoms with E-state index in [4.69, 9.17) is 0 Å². The molecular formula is C20H34Si. The first-order valence-electron chi connectivity index (χ1n) is 9.05. The summed E-state index contributed by atoms with van der Waals surface area (Å²) in [4.78, 5) is 0. The topological polar surface area (TPSA) is 0 Å². The zero-order valence-corrected chi connectivity index (χ0v) is 15.5. The van der Waals surface area contributed by atoms with E-state index in [-0.39, 0.29) is 0 Å². The van der Waals surface area contributed by atoms with E-state index in [0.717, 1.165) is 9.52 Å². The van der Waals surface area contributed by atoms with Crippen molar-refractivity contribution in [3.63, 3.8) is 0 Å². The van der Waals surface area contributed by atoms with Crippen LogP contribution in [0.3, 0.4) is 0 Å². The lowest BCUT2D eigenvalue weighted by Crippen LogP contribution is -2.17. The molecule has 0 atom stereocenters. The molecule has 0 nitrogen and oxygen atoms in total. The Morgan fingerprint density at radius 1 is 0.762 bits per heavy atom. The molecule has 118 valence electrons. The Balaban J connectivity index is 1.94. The first kappa shape index (κ1) is 18.5. The second-order valence-corrected chi connectivity index (χ2v) is 7.75. The molecule has 0 saturated heterocycles. The van der Waals surface area contributed by atoms with Gasteiger partial charge in [-0.1, -0.05) is 101 Å². The van der Waals surface area contributed by atoms with Crippen molar-refractivity contribution in [2.75, 3.05) is 0 Å². The molecule has 21 heavy (non-hydrogen) atoms. The maximum Gasteiger partial charge on any atom is 0.0811 e. The van der Waals surface area contributed by atoms with Crippen LogP contribution in [0, 0.1) is 13.8 Å². The standard InChI is InChI=1S/C20H34Si/c1-4-5-6-7-8-9-10-11-12-13-17-21-20-16-14-15-18(2)19(20)3/h14-16H,4-13,17H2,1-3H3. The van der Waals surface area contributed by atoms with Crippen LogP contribution in [0.1, 0.15) is 82.3 Å². The minimum atomic E-state index is 1.01. The molecule has 1 aromatic rings. The number of hydrogen-bond acceptors (Lipinski definition) is 0. The van der Waals surface area contributed by atoms with E-state index in [1.54, 1.807) is 5.19 Å². The molecule has 1 heteroatoms. The lowest BCUT2D eigenvalue weighted by atomic mass is 10.1. The van der Waals surface area contributed by atoms with E-state index in [1.807, 2.05) is 0 Å². The Kier molecular flexibility index (Phi) is 10.6. The largest absolute Gasteiger partial charge is 0.0811 e. The van der Waals surface area contributed by atoms with Crippen LogP contribution in [0.4, 0.5) is 0 Å². The van der Waals surface area contributed by atoms with Gasteiger partial charge in [0.15, 0.2) is 0 Å². The fourth-order valence-electron chi connectivity index (χ4n) is 2.78. The van der Waals surface area contributed by atoms with Gasteiger partial charge < -0.3 is 0 Å². The van der Waals surface area contributed by atoms with Crippen molar-refractivity contribution < 1.29 is 0 Å². The van der Waals surface area contributed by atoms with Crippen LogP contribution < -0.4 is 5.19 Å². The molecule has 1 rings (SSSR count). The summed E-state index contributed by atoms with van der Waals surface area (Å²) in [6.45, 7) is 6.79. The van der Waals surface area contributed by atoms with Crippen molar-refractivity contribution >= 4 is 14.7 Å². The van der Waals surface area contributed by atoms with E-state index < -0.39 is 0 Å². The van der Waals surface area contributed by atoms with E-state index in [1.165, 1.54) is 81.4 Å². The molecule has 0 bridgehead atoms. The Labute approximate surface area is 135 Å². The van der Waals surface area contributed by atoms with Gasteiger partial charge in [-0.05, 0) is 25.0 Å². The number of unbranched alkanes of at least 4 members (excludes halogenated alkanes) is 9. The lowest BCUT2D eigenvalue weighted by Gasteiger charge is -2.07. The summed E-state index contributed by atoms with van der Waals surface area (Å²) in [5.74, 6) is 0. The monoisotopic (exact) mass is 302 g/mol. The highest BCUT2D eigenvalue weighted by molar-refractivity contribution is 6.54. The van der Waals surface area contributed by atoms with Crippen molar-refractivity contribution in [3.05, 3.63) is 29.3 Å². The minimum Gasteiger partial charge on any atom is -0.0654 e. The van der Waals surface area contributed by atoms with Gasteiger partial charge in [0.2, 0.25) is 0 Å². The fourth-order valence-corrected chi connectivity index (χ4v) is 4.15. The average Bonchev–Trinajstić information content (AvgIpc) is 2.49. The van der Waals surface area contributed by atoms with Gasteiger partial charge in [0, 0.05) is 0 Å². The summed E-state index contributed by atoms with van der Waals surface area (Å²) in [5.41, 5.74) is 2.96. The van der Waals surface area contributed by atoms with Gasteiger partial charge >= 0.3 is 0 Å². The zero-order chi connectivity index (χ0) is 15.3. The predicted molar refractivity (Wildman–Crippen MR) is 98.0 cm³/mol. The molecule has 0 heterocycles. The Morgan fingerprint density at radius 3 is 1.95 bits per heavy atom. The number of rotatable bonds is 12.